The number of fused-ring (bicyclic) bond motifs is 1. The molecule has 2 N–H and O–H groups in total. The van der Waals surface area contributed by atoms with E-state index in [2.05, 4.69) is 46.6 Å². The van der Waals surface area contributed by atoms with Crippen LogP contribution in [0.15, 0.2) is 36.4 Å². The number of alkyl halides is 3. The molecule has 2 aliphatic rings. The molecule has 2 fully saturated rings. The lowest BCUT2D eigenvalue weighted by atomic mass is 9.93. The second-order valence-corrected chi connectivity index (χ2v) is 9.29. The molecule has 0 amide bonds. The summed E-state index contributed by atoms with van der Waals surface area (Å²) in [5, 5.41) is 15.5. The summed E-state index contributed by atoms with van der Waals surface area (Å²) in [6, 6.07) is 12.7. The van der Waals surface area contributed by atoms with E-state index in [1.807, 2.05) is 13.8 Å². The summed E-state index contributed by atoms with van der Waals surface area (Å²) in [6.07, 6.45) is -0.669. The molecule has 0 spiro atoms. The number of hydrogen-bond donors (Lipinski definition) is 2. The summed E-state index contributed by atoms with van der Waals surface area (Å²) >= 11 is 0. The molecule has 0 bridgehead atoms. The first kappa shape index (κ1) is 22.2. The maximum absolute atomic E-state index is 12.9. The van der Waals surface area contributed by atoms with E-state index in [1.54, 1.807) is 4.90 Å². The minimum atomic E-state index is -4.17. The van der Waals surface area contributed by atoms with Gasteiger partial charge in [0.05, 0.1) is 12.6 Å². The Bertz CT molecular complexity index is 883. The Morgan fingerprint density at radius 2 is 1.55 bits per heavy atom. The third-order valence-electron chi connectivity index (χ3n) is 6.72. The van der Waals surface area contributed by atoms with Gasteiger partial charge in [0.2, 0.25) is 0 Å². The van der Waals surface area contributed by atoms with Crippen molar-refractivity contribution in [2.75, 3.05) is 29.9 Å². The number of nitrogens with one attached hydrogen (secondary N) is 1. The number of aliphatic hydroxyl groups excluding tert-OH is 1. The van der Waals surface area contributed by atoms with Crippen LogP contribution in [0, 0.1) is 0 Å². The van der Waals surface area contributed by atoms with Gasteiger partial charge < -0.3 is 15.3 Å². The highest BCUT2D eigenvalue weighted by Crippen LogP contribution is 2.30. The molecule has 4 nitrogen and oxygen atoms in total. The standard InChI is InChI=1S/C24H32F3N3O/c1-16-13-29(14-17(2)30(16)15-24(25,26)27)22-8-4-18-11-21(5-3-19(18)12-22)28-20-6-9-23(31)10-7-20/h3-5,8,11-12,16-17,20,23,28,31H,6-7,9-10,13-15H2,1-2H3. The van der Waals surface area contributed by atoms with E-state index >= 15 is 0 Å². The van der Waals surface area contributed by atoms with Crippen LogP contribution in [0.4, 0.5) is 24.5 Å². The Kier molecular flexibility index (Phi) is 6.35. The number of rotatable bonds is 4. The van der Waals surface area contributed by atoms with Gasteiger partial charge in [-0.15, -0.1) is 0 Å². The normalized spacial score (nSPS) is 28.1. The molecule has 1 aliphatic heterocycles. The predicted molar refractivity (Wildman–Crippen MR) is 120 cm³/mol. The molecule has 2 atom stereocenters. The number of hydrogen-bond acceptors (Lipinski definition) is 4. The lowest BCUT2D eigenvalue weighted by Gasteiger charge is -2.45. The Balaban J connectivity index is 1.44. The number of halogens is 3. The van der Waals surface area contributed by atoms with Crippen LogP contribution < -0.4 is 10.2 Å². The molecule has 2 aromatic carbocycles. The number of benzene rings is 2. The summed E-state index contributed by atoms with van der Waals surface area (Å²) in [5.41, 5.74) is 2.14. The van der Waals surface area contributed by atoms with E-state index in [-0.39, 0.29) is 18.2 Å². The fourth-order valence-electron chi connectivity index (χ4n) is 5.06. The molecule has 0 aromatic heterocycles. The van der Waals surface area contributed by atoms with Crippen LogP contribution in [-0.4, -0.2) is 60.0 Å². The highest BCUT2D eigenvalue weighted by atomic mass is 19.4. The van der Waals surface area contributed by atoms with Crippen LogP contribution in [-0.2, 0) is 0 Å². The summed E-state index contributed by atoms with van der Waals surface area (Å²) in [7, 11) is 0. The van der Waals surface area contributed by atoms with Crippen LogP contribution >= 0.6 is 0 Å². The van der Waals surface area contributed by atoms with Gasteiger partial charge in [-0.1, -0.05) is 12.1 Å². The van der Waals surface area contributed by atoms with Gasteiger partial charge in [-0.25, -0.2) is 0 Å². The van der Waals surface area contributed by atoms with E-state index in [9.17, 15) is 18.3 Å². The predicted octanol–water partition coefficient (Wildman–Crippen LogP) is 5.02. The first-order chi connectivity index (χ1) is 14.7. The smallest absolute Gasteiger partial charge is 0.393 e. The second kappa shape index (κ2) is 8.87. The first-order valence-corrected chi connectivity index (χ1v) is 11.2. The maximum atomic E-state index is 12.9. The molecular weight excluding hydrogens is 403 g/mol. The number of nitrogens with zero attached hydrogens (tertiary/aromatic N) is 2. The molecule has 0 radical (unpaired) electrons. The lowest BCUT2D eigenvalue weighted by Crippen LogP contribution is -2.58. The molecule has 7 heteroatoms. The third-order valence-corrected chi connectivity index (χ3v) is 6.72. The SMILES string of the molecule is CC1CN(c2ccc3cc(NC4CCC(O)CC4)ccc3c2)CC(C)N1CC(F)(F)F. The van der Waals surface area contributed by atoms with Crippen molar-refractivity contribution in [1.29, 1.82) is 0 Å². The molecular formula is C24H32F3N3O. The zero-order valence-corrected chi connectivity index (χ0v) is 18.2. The lowest BCUT2D eigenvalue weighted by molar-refractivity contribution is -0.156. The monoisotopic (exact) mass is 435 g/mol. The van der Waals surface area contributed by atoms with Gasteiger partial charge in [0.25, 0.3) is 0 Å². The summed E-state index contributed by atoms with van der Waals surface area (Å²) in [4.78, 5) is 3.75. The Morgan fingerprint density at radius 3 is 2.19 bits per heavy atom. The topological polar surface area (TPSA) is 38.7 Å². The molecule has 2 unspecified atom stereocenters. The minimum Gasteiger partial charge on any atom is -0.393 e. The van der Waals surface area contributed by atoms with Crippen molar-refractivity contribution in [3.63, 3.8) is 0 Å². The Morgan fingerprint density at radius 1 is 0.935 bits per heavy atom. The average Bonchev–Trinajstić information content (AvgIpc) is 2.71. The highest BCUT2D eigenvalue weighted by molar-refractivity contribution is 5.88. The van der Waals surface area contributed by atoms with Crippen molar-refractivity contribution in [3.05, 3.63) is 36.4 Å². The molecule has 4 rings (SSSR count). The van der Waals surface area contributed by atoms with E-state index < -0.39 is 12.7 Å². The maximum Gasteiger partial charge on any atom is 0.401 e. The fourth-order valence-corrected chi connectivity index (χ4v) is 5.06. The summed E-state index contributed by atoms with van der Waals surface area (Å²) in [6.45, 7) is 4.06. The van der Waals surface area contributed by atoms with Crippen LogP contribution in [0.2, 0.25) is 0 Å². The average molecular weight is 436 g/mol. The number of anilines is 2. The van der Waals surface area contributed by atoms with E-state index in [4.69, 9.17) is 0 Å². The summed E-state index contributed by atoms with van der Waals surface area (Å²) in [5.74, 6) is 0. The molecule has 1 aliphatic carbocycles. The number of piperazine rings is 1. The van der Waals surface area contributed by atoms with Gasteiger partial charge in [0, 0.05) is 42.6 Å². The van der Waals surface area contributed by atoms with Crippen LogP contribution in [0.5, 0.6) is 0 Å². The van der Waals surface area contributed by atoms with Crippen LogP contribution in [0.3, 0.4) is 0 Å². The van der Waals surface area contributed by atoms with Gasteiger partial charge in [-0.05, 0) is 74.6 Å². The largest absolute Gasteiger partial charge is 0.401 e. The molecule has 1 heterocycles. The highest BCUT2D eigenvalue weighted by Gasteiger charge is 2.38. The van der Waals surface area contributed by atoms with Crippen LogP contribution in [0.25, 0.3) is 10.8 Å². The van der Waals surface area contributed by atoms with E-state index in [1.165, 1.54) is 0 Å². The van der Waals surface area contributed by atoms with Gasteiger partial charge in [-0.3, -0.25) is 4.90 Å². The van der Waals surface area contributed by atoms with Crippen molar-refractivity contribution < 1.29 is 18.3 Å². The van der Waals surface area contributed by atoms with Gasteiger partial charge in [0.15, 0.2) is 0 Å². The van der Waals surface area contributed by atoms with Gasteiger partial charge >= 0.3 is 6.18 Å². The third kappa shape index (κ3) is 5.44. The van der Waals surface area contributed by atoms with Crippen molar-refractivity contribution in [2.45, 2.75) is 69.9 Å². The number of aliphatic hydroxyl groups is 1. The fraction of sp³-hybridized carbons (Fsp3) is 0.583. The van der Waals surface area contributed by atoms with E-state index in [0.29, 0.717) is 19.1 Å². The van der Waals surface area contributed by atoms with Crippen molar-refractivity contribution in [1.82, 2.24) is 4.90 Å². The first-order valence-electron chi connectivity index (χ1n) is 11.2. The van der Waals surface area contributed by atoms with Crippen molar-refractivity contribution in [2.24, 2.45) is 0 Å². The quantitative estimate of drug-likeness (QED) is 0.708. The molecule has 170 valence electrons. The zero-order chi connectivity index (χ0) is 22.2. The Hall–Kier alpha value is -1.99. The molecule has 2 aromatic rings. The summed E-state index contributed by atoms with van der Waals surface area (Å²) < 4.78 is 38.7. The molecule has 1 saturated heterocycles. The van der Waals surface area contributed by atoms with Gasteiger partial charge in [0.1, 0.15) is 0 Å². The van der Waals surface area contributed by atoms with Crippen LogP contribution in [0.1, 0.15) is 39.5 Å². The van der Waals surface area contributed by atoms with Crippen molar-refractivity contribution >= 4 is 22.1 Å². The van der Waals surface area contributed by atoms with Gasteiger partial charge in [-0.2, -0.15) is 13.2 Å². The molecule has 31 heavy (non-hydrogen) atoms. The zero-order valence-electron chi connectivity index (χ0n) is 18.2. The minimum absolute atomic E-state index is 0.158. The van der Waals surface area contributed by atoms with Crippen molar-refractivity contribution in [3.8, 4) is 0 Å². The second-order valence-electron chi connectivity index (χ2n) is 9.29. The van der Waals surface area contributed by atoms with E-state index in [0.717, 1.165) is 47.8 Å². The molecule has 1 saturated carbocycles. The Labute approximate surface area is 182 Å².